The molecule has 4 nitrogen and oxygen atoms in total. The van der Waals surface area contributed by atoms with Gasteiger partial charge in [-0.2, -0.15) is 0 Å². The standard InChI is InChI=1S/C14H15N3O/c15-14(18)13-11(10-4-3-6-16-8-10)9-17-7-2-1-5-12(13)17/h3-4,6,8-9H,1-2,5,7H2,(H2,15,18). The maximum Gasteiger partial charge on any atom is 0.251 e. The van der Waals surface area contributed by atoms with Crippen LogP contribution < -0.4 is 5.73 Å². The van der Waals surface area contributed by atoms with E-state index in [1.54, 1.807) is 12.4 Å². The second-order valence-corrected chi connectivity index (χ2v) is 4.62. The molecule has 3 rings (SSSR count). The Bertz CT molecular complexity index is 587. The Hall–Kier alpha value is -2.10. The van der Waals surface area contributed by atoms with Gasteiger partial charge in [0.05, 0.1) is 5.56 Å². The Balaban J connectivity index is 2.20. The summed E-state index contributed by atoms with van der Waals surface area (Å²) in [5, 5.41) is 0. The summed E-state index contributed by atoms with van der Waals surface area (Å²) >= 11 is 0. The smallest absolute Gasteiger partial charge is 0.251 e. The molecule has 0 spiro atoms. The van der Waals surface area contributed by atoms with Gasteiger partial charge in [-0.3, -0.25) is 9.78 Å². The first-order valence-electron chi connectivity index (χ1n) is 6.19. The van der Waals surface area contributed by atoms with E-state index in [1.807, 2.05) is 18.3 Å². The third kappa shape index (κ3) is 1.70. The number of pyridine rings is 1. The van der Waals surface area contributed by atoms with E-state index in [4.69, 9.17) is 5.73 Å². The van der Waals surface area contributed by atoms with Crippen molar-refractivity contribution in [2.45, 2.75) is 25.8 Å². The highest BCUT2D eigenvalue weighted by Crippen LogP contribution is 2.30. The minimum absolute atomic E-state index is 0.343. The largest absolute Gasteiger partial charge is 0.366 e. The Morgan fingerprint density at radius 2 is 2.28 bits per heavy atom. The normalized spacial score (nSPS) is 14.2. The van der Waals surface area contributed by atoms with E-state index in [9.17, 15) is 4.79 Å². The van der Waals surface area contributed by atoms with Crippen LogP contribution in [0.3, 0.4) is 0 Å². The highest BCUT2D eigenvalue weighted by atomic mass is 16.1. The zero-order valence-corrected chi connectivity index (χ0v) is 10.1. The lowest BCUT2D eigenvalue weighted by Gasteiger charge is -2.15. The van der Waals surface area contributed by atoms with Crippen LogP contribution in [0.1, 0.15) is 28.9 Å². The van der Waals surface area contributed by atoms with Gasteiger partial charge in [0.15, 0.2) is 0 Å². The molecule has 2 N–H and O–H groups in total. The molecule has 18 heavy (non-hydrogen) atoms. The zero-order chi connectivity index (χ0) is 12.5. The predicted molar refractivity (Wildman–Crippen MR) is 69.1 cm³/mol. The number of fused-ring (bicyclic) bond motifs is 1. The van der Waals surface area contributed by atoms with Gasteiger partial charge in [0.2, 0.25) is 0 Å². The monoisotopic (exact) mass is 241 g/mol. The van der Waals surface area contributed by atoms with Crippen molar-refractivity contribution >= 4 is 5.91 Å². The molecular weight excluding hydrogens is 226 g/mol. The fourth-order valence-corrected chi connectivity index (χ4v) is 2.66. The molecule has 2 aromatic heterocycles. The van der Waals surface area contributed by atoms with Crippen LogP contribution in [0, 0.1) is 0 Å². The number of rotatable bonds is 2. The van der Waals surface area contributed by atoms with Crippen molar-refractivity contribution in [1.29, 1.82) is 0 Å². The van der Waals surface area contributed by atoms with Crippen molar-refractivity contribution < 1.29 is 4.79 Å². The Kier molecular flexibility index (Phi) is 2.63. The minimum Gasteiger partial charge on any atom is -0.366 e. The average Bonchev–Trinajstić information content (AvgIpc) is 2.79. The average molecular weight is 241 g/mol. The Morgan fingerprint density at radius 3 is 3.00 bits per heavy atom. The van der Waals surface area contributed by atoms with Crippen LogP contribution in [-0.2, 0) is 13.0 Å². The van der Waals surface area contributed by atoms with Gasteiger partial charge in [-0.1, -0.05) is 6.07 Å². The van der Waals surface area contributed by atoms with Crippen molar-refractivity contribution in [3.05, 3.63) is 42.0 Å². The number of nitrogens with two attached hydrogens (primary N) is 1. The number of aryl methyl sites for hydroxylation is 1. The van der Waals surface area contributed by atoms with Gasteiger partial charge in [0.1, 0.15) is 0 Å². The molecule has 0 aliphatic carbocycles. The van der Waals surface area contributed by atoms with E-state index in [2.05, 4.69) is 9.55 Å². The molecule has 0 unspecified atom stereocenters. The number of primary amides is 1. The number of carbonyl (C=O) groups excluding carboxylic acids is 1. The van der Waals surface area contributed by atoms with Crippen LogP contribution in [-0.4, -0.2) is 15.5 Å². The summed E-state index contributed by atoms with van der Waals surface area (Å²) in [6.45, 7) is 0.968. The molecule has 1 aliphatic rings. The predicted octanol–water partition coefficient (Wildman–Crippen LogP) is 1.99. The van der Waals surface area contributed by atoms with Gasteiger partial charge in [-0.15, -0.1) is 0 Å². The minimum atomic E-state index is -0.343. The van der Waals surface area contributed by atoms with E-state index < -0.39 is 0 Å². The highest BCUT2D eigenvalue weighted by molar-refractivity contribution is 6.01. The molecule has 0 bridgehead atoms. The van der Waals surface area contributed by atoms with Gasteiger partial charge in [-0.25, -0.2) is 0 Å². The van der Waals surface area contributed by atoms with Crippen LogP contribution in [0.2, 0.25) is 0 Å². The van der Waals surface area contributed by atoms with E-state index in [0.29, 0.717) is 5.56 Å². The second-order valence-electron chi connectivity index (χ2n) is 4.62. The van der Waals surface area contributed by atoms with Crippen LogP contribution in [0.4, 0.5) is 0 Å². The van der Waals surface area contributed by atoms with E-state index in [0.717, 1.165) is 42.6 Å². The summed E-state index contributed by atoms with van der Waals surface area (Å²) in [5.74, 6) is -0.343. The summed E-state index contributed by atoms with van der Waals surface area (Å²) in [6.07, 6.45) is 8.74. The fraction of sp³-hybridized carbons (Fsp3) is 0.286. The lowest BCUT2D eigenvalue weighted by molar-refractivity contribution is 0.0999. The summed E-state index contributed by atoms with van der Waals surface area (Å²) in [4.78, 5) is 15.8. The summed E-state index contributed by atoms with van der Waals surface area (Å²) in [5.41, 5.74) is 9.16. The Morgan fingerprint density at radius 1 is 1.39 bits per heavy atom. The van der Waals surface area contributed by atoms with Crippen molar-refractivity contribution in [3.8, 4) is 11.1 Å². The van der Waals surface area contributed by atoms with Crippen molar-refractivity contribution in [3.63, 3.8) is 0 Å². The number of aromatic nitrogens is 2. The molecule has 0 fully saturated rings. The molecule has 1 aliphatic heterocycles. The van der Waals surface area contributed by atoms with Crippen molar-refractivity contribution in [1.82, 2.24) is 9.55 Å². The number of carbonyl (C=O) groups is 1. The van der Waals surface area contributed by atoms with Gasteiger partial charge in [0.25, 0.3) is 5.91 Å². The third-order valence-electron chi connectivity index (χ3n) is 3.47. The molecule has 1 amide bonds. The Labute approximate surface area is 105 Å². The summed E-state index contributed by atoms with van der Waals surface area (Å²) < 4.78 is 2.16. The third-order valence-corrected chi connectivity index (χ3v) is 3.47. The van der Waals surface area contributed by atoms with Crippen LogP contribution in [0.15, 0.2) is 30.7 Å². The molecule has 0 saturated heterocycles. The lowest BCUT2D eigenvalue weighted by Crippen LogP contribution is -2.17. The van der Waals surface area contributed by atoms with Crippen molar-refractivity contribution in [2.24, 2.45) is 5.73 Å². The highest BCUT2D eigenvalue weighted by Gasteiger charge is 2.22. The molecule has 0 atom stereocenters. The lowest BCUT2D eigenvalue weighted by atomic mass is 10.0. The number of hydrogen-bond acceptors (Lipinski definition) is 2. The first-order valence-corrected chi connectivity index (χ1v) is 6.19. The van der Waals surface area contributed by atoms with Crippen LogP contribution in [0.25, 0.3) is 11.1 Å². The van der Waals surface area contributed by atoms with E-state index in [-0.39, 0.29) is 5.91 Å². The molecule has 2 aromatic rings. The zero-order valence-electron chi connectivity index (χ0n) is 10.1. The summed E-state index contributed by atoms with van der Waals surface area (Å²) in [7, 11) is 0. The first-order chi connectivity index (χ1) is 8.77. The molecule has 3 heterocycles. The SMILES string of the molecule is NC(=O)c1c(-c2cccnc2)cn2c1CCCC2. The first kappa shape index (κ1) is 11.0. The number of hydrogen-bond donors (Lipinski definition) is 1. The second kappa shape index (κ2) is 4.29. The summed E-state index contributed by atoms with van der Waals surface area (Å²) in [6, 6.07) is 3.83. The molecule has 4 heteroatoms. The topological polar surface area (TPSA) is 60.9 Å². The van der Waals surface area contributed by atoms with E-state index >= 15 is 0 Å². The molecular formula is C14H15N3O. The molecule has 0 saturated carbocycles. The molecule has 0 aromatic carbocycles. The fourth-order valence-electron chi connectivity index (χ4n) is 2.66. The number of amides is 1. The van der Waals surface area contributed by atoms with Gasteiger partial charge in [-0.05, 0) is 25.3 Å². The van der Waals surface area contributed by atoms with Crippen molar-refractivity contribution in [2.75, 3.05) is 0 Å². The van der Waals surface area contributed by atoms with Gasteiger partial charge < -0.3 is 10.3 Å². The van der Waals surface area contributed by atoms with Crippen LogP contribution in [0.5, 0.6) is 0 Å². The maximum atomic E-state index is 11.7. The van der Waals surface area contributed by atoms with Crippen LogP contribution >= 0.6 is 0 Å². The molecule has 0 radical (unpaired) electrons. The molecule has 92 valence electrons. The quantitative estimate of drug-likeness (QED) is 0.874. The maximum absolute atomic E-state index is 11.7. The van der Waals surface area contributed by atoms with Gasteiger partial charge >= 0.3 is 0 Å². The van der Waals surface area contributed by atoms with E-state index in [1.165, 1.54) is 0 Å². The van der Waals surface area contributed by atoms with Gasteiger partial charge in [0, 0.05) is 42.0 Å². The number of nitrogens with zero attached hydrogens (tertiary/aromatic N) is 2.